The van der Waals surface area contributed by atoms with Crippen LogP contribution in [0, 0.1) is 5.92 Å². The van der Waals surface area contributed by atoms with Crippen molar-refractivity contribution in [2.24, 2.45) is 16.6 Å². The van der Waals surface area contributed by atoms with E-state index in [0.717, 1.165) is 13.1 Å². The molecular weight excluding hydrogens is 268 g/mol. The van der Waals surface area contributed by atoms with Gasteiger partial charge in [-0.25, -0.2) is 0 Å². The largest absolute Gasteiger partial charge is 0.370 e. The first-order valence-electron chi connectivity index (χ1n) is 7.99. The summed E-state index contributed by atoms with van der Waals surface area (Å²) < 4.78 is 0. The Morgan fingerprint density at radius 2 is 1.95 bits per heavy atom. The van der Waals surface area contributed by atoms with Gasteiger partial charge in [0.05, 0.1) is 6.54 Å². The lowest BCUT2D eigenvalue weighted by Gasteiger charge is -2.42. The quantitative estimate of drug-likeness (QED) is 0.601. The van der Waals surface area contributed by atoms with Crippen LogP contribution >= 0.6 is 11.8 Å². The van der Waals surface area contributed by atoms with E-state index in [0.29, 0.717) is 17.4 Å². The van der Waals surface area contributed by atoms with Crippen molar-refractivity contribution < 1.29 is 0 Å². The van der Waals surface area contributed by atoms with Crippen LogP contribution in [0.1, 0.15) is 39.5 Å². The lowest BCUT2D eigenvalue weighted by molar-refractivity contribution is 0.112. The molecule has 1 aliphatic heterocycles. The Bertz CT molecular complexity index is 318. The number of nitrogens with one attached hydrogen (secondary N) is 1. The Morgan fingerprint density at radius 1 is 1.30 bits per heavy atom. The molecule has 0 aromatic heterocycles. The fourth-order valence-electron chi connectivity index (χ4n) is 3.24. The Balaban J connectivity index is 1.93. The number of hydrogen-bond donors (Lipinski definition) is 2. The molecule has 4 nitrogen and oxygen atoms in total. The molecule has 3 N–H and O–H groups in total. The molecule has 1 saturated carbocycles. The molecule has 1 aliphatic carbocycles. The monoisotopic (exact) mass is 298 g/mol. The van der Waals surface area contributed by atoms with E-state index in [2.05, 4.69) is 40.8 Å². The normalized spacial score (nSPS) is 24.2. The average molecular weight is 299 g/mol. The summed E-state index contributed by atoms with van der Waals surface area (Å²) in [6, 6.07) is 0. The van der Waals surface area contributed by atoms with Gasteiger partial charge in [-0.1, -0.05) is 26.7 Å². The fraction of sp³-hybridized carbons (Fsp3) is 0.933. The van der Waals surface area contributed by atoms with Crippen LogP contribution < -0.4 is 11.1 Å². The van der Waals surface area contributed by atoms with Crippen molar-refractivity contribution in [2.75, 3.05) is 37.7 Å². The highest BCUT2D eigenvalue weighted by atomic mass is 32.2. The van der Waals surface area contributed by atoms with Crippen molar-refractivity contribution in [1.29, 1.82) is 0 Å². The maximum Gasteiger partial charge on any atom is 0.188 e. The zero-order chi connectivity index (χ0) is 14.4. The second kappa shape index (κ2) is 7.55. The average Bonchev–Trinajstić information content (AvgIpc) is 2.94. The van der Waals surface area contributed by atoms with Gasteiger partial charge in [-0.05, 0) is 18.8 Å². The smallest absolute Gasteiger partial charge is 0.188 e. The highest BCUT2D eigenvalue weighted by Gasteiger charge is 2.39. The van der Waals surface area contributed by atoms with Crippen LogP contribution in [0.5, 0.6) is 0 Å². The van der Waals surface area contributed by atoms with Crippen LogP contribution in [0.15, 0.2) is 4.99 Å². The first kappa shape index (κ1) is 16.0. The summed E-state index contributed by atoms with van der Waals surface area (Å²) >= 11 is 2.08. The van der Waals surface area contributed by atoms with Crippen LogP contribution in [0.4, 0.5) is 0 Å². The minimum atomic E-state index is 0.297. The van der Waals surface area contributed by atoms with Crippen LogP contribution in [0.3, 0.4) is 0 Å². The molecule has 2 aliphatic rings. The molecule has 0 amide bonds. The summed E-state index contributed by atoms with van der Waals surface area (Å²) in [5.41, 5.74) is 6.30. The molecule has 20 heavy (non-hydrogen) atoms. The third-order valence-corrected chi connectivity index (χ3v) is 5.39. The Kier molecular flexibility index (Phi) is 6.02. The zero-order valence-electron chi connectivity index (χ0n) is 13.0. The van der Waals surface area contributed by atoms with Gasteiger partial charge in [-0.15, -0.1) is 0 Å². The zero-order valence-corrected chi connectivity index (χ0v) is 13.8. The molecule has 2 rings (SSSR count). The van der Waals surface area contributed by atoms with Crippen molar-refractivity contribution in [3.63, 3.8) is 0 Å². The highest BCUT2D eigenvalue weighted by molar-refractivity contribution is 7.99. The summed E-state index contributed by atoms with van der Waals surface area (Å²) in [7, 11) is 0. The van der Waals surface area contributed by atoms with E-state index in [-0.39, 0.29) is 0 Å². The maximum absolute atomic E-state index is 6.00. The van der Waals surface area contributed by atoms with Gasteiger partial charge in [0, 0.05) is 36.7 Å². The summed E-state index contributed by atoms with van der Waals surface area (Å²) in [5, 5.41) is 3.23. The van der Waals surface area contributed by atoms with E-state index in [9.17, 15) is 0 Å². The highest BCUT2D eigenvalue weighted by Crippen LogP contribution is 2.36. The van der Waals surface area contributed by atoms with Crippen molar-refractivity contribution in [3.8, 4) is 0 Å². The molecule has 0 spiro atoms. The van der Waals surface area contributed by atoms with Crippen LogP contribution in [0.2, 0.25) is 0 Å². The van der Waals surface area contributed by atoms with Gasteiger partial charge in [-0.3, -0.25) is 9.89 Å². The first-order valence-corrected chi connectivity index (χ1v) is 9.14. The molecule has 5 heteroatoms. The van der Waals surface area contributed by atoms with Crippen molar-refractivity contribution in [3.05, 3.63) is 0 Å². The minimum absolute atomic E-state index is 0.297. The number of rotatable bonds is 5. The van der Waals surface area contributed by atoms with Gasteiger partial charge >= 0.3 is 0 Å². The molecule has 2 fully saturated rings. The molecule has 1 saturated heterocycles. The van der Waals surface area contributed by atoms with Gasteiger partial charge < -0.3 is 11.1 Å². The number of aliphatic imine (C=N–C) groups is 1. The van der Waals surface area contributed by atoms with E-state index in [4.69, 9.17) is 5.73 Å². The molecule has 0 aromatic rings. The second-order valence-electron chi connectivity index (χ2n) is 6.51. The molecular formula is C15H30N4S. The SMILES string of the molecule is CC(C)CNC(N)=NCC1(N2CCSCC2)CCCC1. The molecule has 0 aromatic carbocycles. The Hall–Kier alpha value is -0.420. The van der Waals surface area contributed by atoms with E-state index >= 15 is 0 Å². The van der Waals surface area contributed by atoms with Gasteiger partial charge in [0.25, 0.3) is 0 Å². The lowest BCUT2D eigenvalue weighted by atomic mass is 9.95. The lowest BCUT2D eigenvalue weighted by Crippen LogP contribution is -2.53. The first-order chi connectivity index (χ1) is 9.62. The van der Waals surface area contributed by atoms with Crippen molar-refractivity contribution in [2.45, 2.75) is 45.1 Å². The Labute approximate surface area is 128 Å². The van der Waals surface area contributed by atoms with E-state index in [1.165, 1.54) is 50.3 Å². The number of thioether (sulfide) groups is 1. The van der Waals surface area contributed by atoms with Crippen LogP contribution in [-0.4, -0.2) is 54.1 Å². The maximum atomic E-state index is 6.00. The predicted octanol–water partition coefficient (Wildman–Crippen LogP) is 1.91. The summed E-state index contributed by atoms with van der Waals surface area (Å²) in [5.74, 6) is 3.76. The molecule has 0 radical (unpaired) electrons. The number of nitrogens with zero attached hydrogens (tertiary/aromatic N) is 2. The van der Waals surface area contributed by atoms with Gasteiger partial charge in [0.1, 0.15) is 0 Å². The number of nitrogens with two attached hydrogens (primary N) is 1. The van der Waals surface area contributed by atoms with Crippen LogP contribution in [-0.2, 0) is 0 Å². The summed E-state index contributed by atoms with van der Waals surface area (Å²) in [6.45, 7) is 8.59. The van der Waals surface area contributed by atoms with Crippen LogP contribution in [0.25, 0.3) is 0 Å². The third kappa shape index (κ3) is 4.29. The van der Waals surface area contributed by atoms with E-state index in [1.54, 1.807) is 0 Å². The van der Waals surface area contributed by atoms with Gasteiger partial charge in [0.15, 0.2) is 5.96 Å². The van der Waals surface area contributed by atoms with E-state index < -0.39 is 0 Å². The van der Waals surface area contributed by atoms with Gasteiger partial charge in [-0.2, -0.15) is 11.8 Å². The summed E-state index contributed by atoms with van der Waals surface area (Å²) in [6.07, 6.45) is 5.27. The standard InChI is InChI=1S/C15H30N4S/c1-13(2)11-17-14(16)18-12-15(5-3-4-6-15)19-7-9-20-10-8-19/h13H,3-12H2,1-2H3,(H3,16,17,18). The fourth-order valence-corrected chi connectivity index (χ4v) is 4.15. The number of guanidine groups is 1. The molecule has 0 atom stereocenters. The molecule has 0 bridgehead atoms. The number of hydrogen-bond acceptors (Lipinski definition) is 3. The van der Waals surface area contributed by atoms with E-state index in [1.807, 2.05) is 0 Å². The van der Waals surface area contributed by atoms with Gasteiger partial charge in [0.2, 0.25) is 0 Å². The molecule has 1 heterocycles. The minimum Gasteiger partial charge on any atom is -0.370 e. The Morgan fingerprint density at radius 3 is 2.55 bits per heavy atom. The topological polar surface area (TPSA) is 53.6 Å². The predicted molar refractivity (Wildman–Crippen MR) is 89.4 cm³/mol. The molecule has 0 unspecified atom stereocenters. The summed E-state index contributed by atoms with van der Waals surface area (Å²) in [4.78, 5) is 7.35. The van der Waals surface area contributed by atoms with Crippen molar-refractivity contribution >= 4 is 17.7 Å². The van der Waals surface area contributed by atoms with Crippen molar-refractivity contribution in [1.82, 2.24) is 10.2 Å². The molecule has 116 valence electrons. The second-order valence-corrected chi connectivity index (χ2v) is 7.73. The third-order valence-electron chi connectivity index (χ3n) is 4.45.